The van der Waals surface area contributed by atoms with Crippen molar-refractivity contribution in [3.05, 3.63) is 53.2 Å². The molecule has 2 rings (SSSR count). The molecule has 0 aliphatic heterocycles. The van der Waals surface area contributed by atoms with Gasteiger partial charge in [-0.3, -0.25) is 0 Å². The minimum atomic E-state index is 0.525. The van der Waals surface area contributed by atoms with Gasteiger partial charge in [-0.2, -0.15) is 0 Å². The summed E-state index contributed by atoms with van der Waals surface area (Å²) >= 11 is 0. The van der Waals surface area contributed by atoms with Gasteiger partial charge in [0.1, 0.15) is 5.82 Å². The van der Waals surface area contributed by atoms with E-state index in [2.05, 4.69) is 36.3 Å². The van der Waals surface area contributed by atoms with Gasteiger partial charge < -0.3 is 11.1 Å². The Morgan fingerprint density at radius 1 is 1.18 bits per heavy atom. The van der Waals surface area contributed by atoms with E-state index in [0.29, 0.717) is 6.54 Å². The van der Waals surface area contributed by atoms with E-state index in [1.807, 2.05) is 18.2 Å². The van der Waals surface area contributed by atoms with Crippen LogP contribution in [0.25, 0.3) is 0 Å². The molecule has 2 aromatic rings. The van der Waals surface area contributed by atoms with E-state index in [4.69, 9.17) is 5.73 Å². The second-order valence-corrected chi connectivity index (χ2v) is 4.13. The highest BCUT2D eigenvalue weighted by atomic mass is 15.0. The van der Waals surface area contributed by atoms with Crippen LogP contribution in [-0.2, 0) is 6.54 Å². The number of hydrogen-bond donors (Lipinski definition) is 2. The molecule has 0 spiro atoms. The van der Waals surface area contributed by atoms with Crippen LogP contribution in [0.2, 0.25) is 0 Å². The van der Waals surface area contributed by atoms with E-state index in [1.54, 1.807) is 6.20 Å². The fraction of sp³-hybridized carbons (Fsp3) is 0.214. The first-order valence-electron chi connectivity index (χ1n) is 5.69. The number of aryl methyl sites for hydroxylation is 1. The van der Waals surface area contributed by atoms with E-state index in [1.165, 1.54) is 11.1 Å². The number of hydrogen-bond acceptors (Lipinski definition) is 3. The van der Waals surface area contributed by atoms with Gasteiger partial charge in [0.05, 0.1) is 0 Å². The first-order chi connectivity index (χ1) is 8.20. The summed E-state index contributed by atoms with van der Waals surface area (Å²) in [6.45, 7) is 4.73. The zero-order valence-corrected chi connectivity index (χ0v) is 10.2. The summed E-state index contributed by atoms with van der Waals surface area (Å²) in [6.07, 6.45) is 1.80. The summed E-state index contributed by atoms with van der Waals surface area (Å²) in [4.78, 5) is 4.32. The molecule has 1 heterocycles. The molecule has 0 radical (unpaired) electrons. The van der Waals surface area contributed by atoms with Crippen LogP contribution in [0.5, 0.6) is 0 Å². The molecule has 1 aromatic heterocycles. The summed E-state index contributed by atoms with van der Waals surface area (Å²) < 4.78 is 0. The van der Waals surface area contributed by atoms with Crippen molar-refractivity contribution in [2.75, 3.05) is 5.32 Å². The maximum atomic E-state index is 5.54. The van der Waals surface area contributed by atoms with Gasteiger partial charge in [-0.15, -0.1) is 0 Å². The minimum Gasteiger partial charge on any atom is -0.340 e. The standard InChI is InChI=1S/C14H17N3/c1-10-4-3-5-13(11(10)2)17-14-7-6-12(8-15)9-16-14/h3-7,9H,8,15H2,1-2H3,(H,16,17). The van der Waals surface area contributed by atoms with Crippen LogP contribution in [0.15, 0.2) is 36.5 Å². The molecular weight excluding hydrogens is 210 g/mol. The molecule has 17 heavy (non-hydrogen) atoms. The zero-order chi connectivity index (χ0) is 12.3. The minimum absolute atomic E-state index is 0.525. The lowest BCUT2D eigenvalue weighted by molar-refractivity contribution is 1.05. The number of anilines is 2. The van der Waals surface area contributed by atoms with E-state index in [9.17, 15) is 0 Å². The quantitative estimate of drug-likeness (QED) is 0.847. The Kier molecular flexibility index (Phi) is 3.40. The lowest BCUT2D eigenvalue weighted by atomic mass is 10.1. The van der Waals surface area contributed by atoms with E-state index in [-0.39, 0.29) is 0 Å². The van der Waals surface area contributed by atoms with E-state index >= 15 is 0 Å². The van der Waals surface area contributed by atoms with Crippen LogP contribution in [-0.4, -0.2) is 4.98 Å². The van der Waals surface area contributed by atoms with Crippen molar-refractivity contribution in [1.29, 1.82) is 0 Å². The maximum absolute atomic E-state index is 5.54. The molecule has 0 amide bonds. The number of benzene rings is 1. The molecule has 3 heteroatoms. The smallest absolute Gasteiger partial charge is 0.130 e. The fourth-order valence-electron chi connectivity index (χ4n) is 1.64. The molecule has 0 aliphatic carbocycles. The summed E-state index contributed by atoms with van der Waals surface area (Å²) in [5, 5.41) is 3.31. The second kappa shape index (κ2) is 4.97. The van der Waals surface area contributed by atoms with Gasteiger partial charge in [-0.1, -0.05) is 18.2 Å². The largest absolute Gasteiger partial charge is 0.340 e. The predicted molar refractivity (Wildman–Crippen MR) is 71.3 cm³/mol. The molecular formula is C14H17N3. The van der Waals surface area contributed by atoms with Crippen LogP contribution in [0, 0.1) is 13.8 Å². The molecule has 3 nitrogen and oxygen atoms in total. The van der Waals surface area contributed by atoms with Crippen molar-refractivity contribution in [1.82, 2.24) is 4.98 Å². The lowest BCUT2D eigenvalue weighted by Gasteiger charge is -2.10. The first-order valence-corrected chi connectivity index (χ1v) is 5.69. The van der Waals surface area contributed by atoms with Crippen LogP contribution in [0.3, 0.4) is 0 Å². The molecule has 0 unspecified atom stereocenters. The van der Waals surface area contributed by atoms with Crippen molar-refractivity contribution < 1.29 is 0 Å². The van der Waals surface area contributed by atoms with Crippen molar-refractivity contribution in [2.24, 2.45) is 5.73 Å². The van der Waals surface area contributed by atoms with E-state index in [0.717, 1.165) is 17.1 Å². The molecule has 1 aromatic carbocycles. The first kappa shape index (κ1) is 11.6. The Labute approximate surface area is 102 Å². The van der Waals surface area contributed by atoms with Gasteiger partial charge in [0.25, 0.3) is 0 Å². The molecule has 3 N–H and O–H groups in total. The Morgan fingerprint density at radius 2 is 2.00 bits per heavy atom. The van der Waals surface area contributed by atoms with Gasteiger partial charge in [0, 0.05) is 18.4 Å². The van der Waals surface area contributed by atoms with Gasteiger partial charge >= 0.3 is 0 Å². The Hall–Kier alpha value is -1.87. The number of aromatic nitrogens is 1. The molecule has 0 aliphatic rings. The third-order valence-corrected chi connectivity index (χ3v) is 2.93. The number of rotatable bonds is 3. The molecule has 0 bridgehead atoms. The SMILES string of the molecule is Cc1cccc(Nc2ccc(CN)cn2)c1C. The van der Waals surface area contributed by atoms with Gasteiger partial charge in [0.15, 0.2) is 0 Å². The Morgan fingerprint density at radius 3 is 2.65 bits per heavy atom. The van der Waals surface area contributed by atoms with Crippen molar-refractivity contribution in [3.8, 4) is 0 Å². The van der Waals surface area contributed by atoms with Crippen LogP contribution < -0.4 is 11.1 Å². The topological polar surface area (TPSA) is 50.9 Å². The average molecular weight is 227 g/mol. The lowest BCUT2D eigenvalue weighted by Crippen LogP contribution is -2.00. The van der Waals surface area contributed by atoms with Crippen molar-refractivity contribution in [3.63, 3.8) is 0 Å². The third kappa shape index (κ3) is 2.63. The predicted octanol–water partition coefficient (Wildman–Crippen LogP) is 2.90. The number of pyridine rings is 1. The van der Waals surface area contributed by atoms with Gasteiger partial charge in [-0.25, -0.2) is 4.98 Å². The Bertz CT molecular complexity index is 503. The highest BCUT2D eigenvalue weighted by Crippen LogP contribution is 2.21. The zero-order valence-electron chi connectivity index (χ0n) is 10.2. The summed E-state index contributed by atoms with van der Waals surface area (Å²) in [6, 6.07) is 10.1. The Balaban J connectivity index is 2.22. The number of nitrogens with zero attached hydrogens (tertiary/aromatic N) is 1. The van der Waals surface area contributed by atoms with Crippen LogP contribution >= 0.6 is 0 Å². The van der Waals surface area contributed by atoms with Gasteiger partial charge in [-0.05, 0) is 42.7 Å². The average Bonchev–Trinajstić information content (AvgIpc) is 2.36. The van der Waals surface area contributed by atoms with Gasteiger partial charge in [0.2, 0.25) is 0 Å². The molecule has 0 fully saturated rings. The molecule has 0 atom stereocenters. The summed E-state index contributed by atoms with van der Waals surface area (Å²) in [5.74, 6) is 0.843. The summed E-state index contributed by atoms with van der Waals surface area (Å²) in [7, 11) is 0. The maximum Gasteiger partial charge on any atom is 0.130 e. The number of nitrogens with two attached hydrogens (primary N) is 1. The highest BCUT2D eigenvalue weighted by Gasteiger charge is 2.01. The molecule has 0 saturated carbocycles. The van der Waals surface area contributed by atoms with Crippen molar-refractivity contribution >= 4 is 11.5 Å². The second-order valence-electron chi connectivity index (χ2n) is 4.13. The monoisotopic (exact) mass is 227 g/mol. The van der Waals surface area contributed by atoms with E-state index < -0.39 is 0 Å². The number of nitrogens with one attached hydrogen (secondary N) is 1. The molecule has 88 valence electrons. The van der Waals surface area contributed by atoms with Crippen LogP contribution in [0.1, 0.15) is 16.7 Å². The van der Waals surface area contributed by atoms with Crippen LogP contribution in [0.4, 0.5) is 11.5 Å². The molecule has 0 saturated heterocycles. The normalized spacial score (nSPS) is 10.3. The fourth-order valence-corrected chi connectivity index (χ4v) is 1.64. The van der Waals surface area contributed by atoms with Crippen molar-refractivity contribution in [2.45, 2.75) is 20.4 Å². The third-order valence-electron chi connectivity index (χ3n) is 2.93. The highest BCUT2D eigenvalue weighted by molar-refractivity contribution is 5.61. The summed E-state index contributed by atoms with van der Waals surface area (Å²) in [5.41, 5.74) is 10.2.